The molecule has 5 nitrogen and oxygen atoms in total. The predicted molar refractivity (Wildman–Crippen MR) is 115 cm³/mol. The maximum absolute atomic E-state index is 10.5. The van der Waals surface area contributed by atoms with E-state index in [1.165, 1.54) is 11.1 Å². The first-order valence-corrected chi connectivity index (χ1v) is 9.49. The van der Waals surface area contributed by atoms with Crippen LogP contribution in [0.1, 0.15) is 16.7 Å². The van der Waals surface area contributed by atoms with Crippen molar-refractivity contribution in [2.24, 2.45) is 5.16 Å². The van der Waals surface area contributed by atoms with Crippen LogP contribution in [0.15, 0.2) is 84.0 Å². The molecule has 148 valence electrons. The Morgan fingerprint density at radius 2 is 1.48 bits per heavy atom. The molecule has 0 aliphatic carbocycles. The minimum absolute atomic E-state index is 0.0409. The Kier molecular flexibility index (Phi) is 7.55. The van der Waals surface area contributed by atoms with Crippen molar-refractivity contribution in [3.05, 3.63) is 95.6 Å². The molecular formula is C24H24N2O3. The van der Waals surface area contributed by atoms with Crippen LogP contribution in [0.5, 0.6) is 0 Å². The molecule has 0 saturated carbocycles. The summed E-state index contributed by atoms with van der Waals surface area (Å²) in [5, 5.41) is 15.5. The quantitative estimate of drug-likeness (QED) is 0.402. The third-order valence-corrected chi connectivity index (χ3v) is 4.40. The Labute approximate surface area is 170 Å². The monoisotopic (exact) mass is 388 g/mol. The number of hydrogen-bond acceptors (Lipinski definition) is 4. The average Bonchev–Trinajstić information content (AvgIpc) is 2.75. The normalized spacial score (nSPS) is 10.9. The molecule has 0 aliphatic rings. The lowest BCUT2D eigenvalue weighted by atomic mass is 10.0. The van der Waals surface area contributed by atoms with Crippen molar-refractivity contribution in [2.75, 3.05) is 6.54 Å². The van der Waals surface area contributed by atoms with E-state index in [0.29, 0.717) is 19.6 Å². The standard InChI is InChI=1S/C24H24N2O3/c27-24(28)17-25-16-20-8-6-19(7-9-20)14-15-26-29-18-21-10-12-23(13-11-21)22-4-2-1-3-5-22/h1-13,15,25H,14,16-18H2,(H,27,28). The van der Waals surface area contributed by atoms with E-state index in [9.17, 15) is 4.79 Å². The van der Waals surface area contributed by atoms with Gasteiger partial charge in [0.25, 0.3) is 0 Å². The molecule has 0 radical (unpaired) electrons. The summed E-state index contributed by atoms with van der Waals surface area (Å²) in [5.41, 5.74) is 5.61. The Balaban J connectivity index is 1.40. The third kappa shape index (κ3) is 6.90. The fourth-order valence-electron chi connectivity index (χ4n) is 2.84. The second kappa shape index (κ2) is 10.8. The molecule has 3 rings (SSSR count). The summed E-state index contributed by atoms with van der Waals surface area (Å²) in [5.74, 6) is -0.857. The summed E-state index contributed by atoms with van der Waals surface area (Å²) in [6.45, 7) is 0.924. The number of oxime groups is 1. The van der Waals surface area contributed by atoms with Crippen molar-refractivity contribution < 1.29 is 14.7 Å². The molecule has 0 spiro atoms. The second-order valence-electron chi connectivity index (χ2n) is 6.64. The first kappa shape index (κ1) is 20.3. The van der Waals surface area contributed by atoms with Gasteiger partial charge in [0.05, 0.1) is 6.54 Å². The summed E-state index contributed by atoms with van der Waals surface area (Å²) in [6, 6.07) is 26.5. The van der Waals surface area contributed by atoms with Crippen LogP contribution in [0.4, 0.5) is 0 Å². The molecule has 0 bridgehead atoms. The minimum Gasteiger partial charge on any atom is -0.480 e. The summed E-state index contributed by atoms with van der Waals surface area (Å²) < 4.78 is 0. The van der Waals surface area contributed by atoms with E-state index in [1.54, 1.807) is 6.21 Å². The number of carbonyl (C=O) groups is 1. The van der Waals surface area contributed by atoms with Gasteiger partial charge < -0.3 is 15.3 Å². The lowest BCUT2D eigenvalue weighted by Crippen LogP contribution is -2.21. The fraction of sp³-hybridized carbons (Fsp3) is 0.167. The molecule has 0 atom stereocenters. The first-order chi connectivity index (χ1) is 14.2. The maximum atomic E-state index is 10.5. The number of benzene rings is 3. The number of nitrogens with one attached hydrogen (secondary N) is 1. The molecule has 0 aliphatic heterocycles. The van der Waals surface area contributed by atoms with Gasteiger partial charge in [-0.3, -0.25) is 4.79 Å². The number of hydrogen-bond donors (Lipinski definition) is 2. The number of carboxylic acids is 1. The maximum Gasteiger partial charge on any atom is 0.317 e. The van der Waals surface area contributed by atoms with Gasteiger partial charge in [-0.25, -0.2) is 0 Å². The molecule has 5 heteroatoms. The molecule has 0 amide bonds. The Morgan fingerprint density at radius 1 is 0.862 bits per heavy atom. The van der Waals surface area contributed by atoms with E-state index in [4.69, 9.17) is 9.94 Å². The fourth-order valence-corrected chi connectivity index (χ4v) is 2.84. The highest BCUT2D eigenvalue weighted by atomic mass is 16.6. The molecule has 3 aromatic rings. The molecule has 0 saturated heterocycles. The molecule has 0 aromatic heterocycles. The van der Waals surface area contributed by atoms with Crippen molar-refractivity contribution in [2.45, 2.75) is 19.6 Å². The molecule has 29 heavy (non-hydrogen) atoms. The van der Waals surface area contributed by atoms with Gasteiger partial charge in [0, 0.05) is 19.2 Å². The topological polar surface area (TPSA) is 70.9 Å². The molecule has 3 aromatic carbocycles. The van der Waals surface area contributed by atoms with Crippen molar-refractivity contribution in [3.63, 3.8) is 0 Å². The van der Waals surface area contributed by atoms with Crippen molar-refractivity contribution >= 4 is 12.2 Å². The van der Waals surface area contributed by atoms with Crippen LogP contribution in [-0.4, -0.2) is 23.8 Å². The third-order valence-electron chi connectivity index (χ3n) is 4.40. The summed E-state index contributed by atoms with van der Waals surface area (Å²) in [4.78, 5) is 15.9. The molecular weight excluding hydrogens is 364 g/mol. The summed E-state index contributed by atoms with van der Waals surface area (Å²) in [6.07, 6.45) is 2.42. The molecule has 0 unspecified atom stereocenters. The van der Waals surface area contributed by atoms with Crippen molar-refractivity contribution in [3.8, 4) is 11.1 Å². The number of rotatable bonds is 10. The zero-order chi connectivity index (χ0) is 20.3. The van der Waals surface area contributed by atoms with Gasteiger partial charge in [0.2, 0.25) is 0 Å². The molecule has 0 heterocycles. The highest BCUT2D eigenvalue weighted by Crippen LogP contribution is 2.19. The highest BCUT2D eigenvalue weighted by Gasteiger charge is 1.99. The predicted octanol–water partition coefficient (Wildman–Crippen LogP) is 4.27. The van der Waals surface area contributed by atoms with E-state index in [-0.39, 0.29) is 6.54 Å². The molecule has 2 N–H and O–H groups in total. The largest absolute Gasteiger partial charge is 0.480 e. The summed E-state index contributed by atoms with van der Waals surface area (Å²) >= 11 is 0. The van der Waals surface area contributed by atoms with Gasteiger partial charge in [-0.1, -0.05) is 84.0 Å². The highest BCUT2D eigenvalue weighted by molar-refractivity contribution is 5.69. The van der Waals surface area contributed by atoms with E-state index in [2.05, 4.69) is 46.9 Å². The number of nitrogens with zero attached hydrogens (tertiary/aromatic N) is 1. The lowest BCUT2D eigenvalue weighted by molar-refractivity contribution is -0.135. The van der Waals surface area contributed by atoms with E-state index in [0.717, 1.165) is 16.7 Å². The van der Waals surface area contributed by atoms with Gasteiger partial charge in [0.1, 0.15) is 6.61 Å². The van der Waals surface area contributed by atoms with Crippen LogP contribution in [0.25, 0.3) is 11.1 Å². The molecule has 0 fully saturated rings. The Bertz CT molecular complexity index is 921. The minimum atomic E-state index is -0.857. The van der Waals surface area contributed by atoms with Gasteiger partial charge in [-0.15, -0.1) is 0 Å². The van der Waals surface area contributed by atoms with Gasteiger partial charge >= 0.3 is 5.97 Å². The van der Waals surface area contributed by atoms with Crippen molar-refractivity contribution in [1.29, 1.82) is 0 Å². The van der Waals surface area contributed by atoms with Gasteiger partial charge in [-0.05, 0) is 27.8 Å². The lowest BCUT2D eigenvalue weighted by Gasteiger charge is -2.04. The Hall–Kier alpha value is -3.44. The number of carboxylic acid groups (broad SMARTS) is 1. The number of aliphatic carboxylic acids is 1. The first-order valence-electron chi connectivity index (χ1n) is 9.49. The van der Waals surface area contributed by atoms with Crippen LogP contribution in [0, 0.1) is 0 Å². The van der Waals surface area contributed by atoms with Gasteiger partial charge in [0.15, 0.2) is 0 Å². The zero-order valence-electron chi connectivity index (χ0n) is 16.1. The van der Waals surface area contributed by atoms with E-state index >= 15 is 0 Å². The van der Waals surface area contributed by atoms with Crippen LogP contribution in [0.2, 0.25) is 0 Å². The van der Waals surface area contributed by atoms with E-state index in [1.807, 2.05) is 42.5 Å². The average molecular weight is 388 g/mol. The summed E-state index contributed by atoms with van der Waals surface area (Å²) in [7, 11) is 0. The smallest absolute Gasteiger partial charge is 0.317 e. The van der Waals surface area contributed by atoms with Crippen LogP contribution in [-0.2, 0) is 29.2 Å². The van der Waals surface area contributed by atoms with Gasteiger partial charge in [-0.2, -0.15) is 0 Å². The van der Waals surface area contributed by atoms with E-state index < -0.39 is 5.97 Å². The van der Waals surface area contributed by atoms with Crippen LogP contribution in [0.3, 0.4) is 0 Å². The van der Waals surface area contributed by atoms with Crippen LogP contribution < -0.4 is 5.32 Å². The Morgan fingerprint density at radius 3 is 2.17 bits per heavy atom. The zero-order valence-corrected chi connectivity index (χ0v) is 16.1. The van der Waals surface area contributed by atoms with Crippen LogP contribution >= 0.6 is 0 Å². The van der Waals surface area contributed by atoms with Crippen molar-refractivity contribution in [1.82, 2.24) is 5.32 Å². The SMILES string of the molecule is O=C(O)CNCc1ccc(CC=NOCc2ccc(-c3ccccc3)cc2)cc1. The second-order valence-corrected chi connectivity index (χ2v) is 6.64.